The van der Waals surface area contributed by atoms with Crippen LogP contribution in [0.3, 0.4) is 0 Å². The average molecular weight is 329 g/mol. The molecule has 1 aromatic heterocycles. The lowest BCUT2D eigenvalue weighted by Gasteiger charge is -2.43. The first kappa shape index (κ1) is 15.2. The fraction of sp³-hybridized carbons (Fsp3) is 0.556. The van der Waals surface area contributed by atoms with Crippen molar-refractivity contribution in [3.63, 3.8) is 0 Å². The van der Waals surface area contributed by atoms with Crippen molar-refractivity contribution in [1.29, 1.82) is 0 Å². The number of hydrogen-bond acceptors (Lipinski definition) is 4. The normalized spacial score (nSPS) is 25.4. The third-order valence-electron chi connectivity index (χ3n) is 5.21. The number of para-hydroxylation sites is 1. The van der Waals surface area contributed by atoms with Gasteiger partial charge in [0.1, 0.15) is 0 Å². The largest absolute Gasteiger partial charge is 0.297 e. The summed E-state index contributed by atoms with van der Waals surface area (Å²) in [5.41, 5.74) is 0.873. The fourth-order valence-corrected chi connectivity index (χ4v) is 5.46. The molecule has 0 bridgehead atoms. The van der Waals surface area contributed by atoms with Gasteiger partial charge in [-0.05, 0) is 25.0 Å². The van der Waals surface area contributed by atoms with Gasteiger partial charge in [-0.3, -0.25) is 14.3 Å². The van der Waals surface area contributed by atoms with Crippen molar-refractivity contribution >= 4 is 22.7 Å². The first-order valence-corrected chi connectivity index (χ1v) is 9.67. The van der Waals surface area contributed by atoms with Crippen LogP contribution >= 0.6 is 11.8 Å². The van der Waals surface area contributed by atoms with Crippen molar-refractivity contribution in [2.24, 2.45) is 0 Å². The topological polar surface area (TPSA) is 38.1 Å². The lowest BCUT2D eigenvalue weighted by Crippen LogP contribution is -2.50. The molecule has 0 spiro atoms. The maximum absolute atomic E-state index is 12.6. The lowest BCUT2D eigenvalue weighted by molar-refractivity contribution is 0.157. The minimum Gasteiger partial charge on any atom is -0.297 e. The Balaban J connectivity index is 1.50. The molecule has 4 nitrogen and oxygen atoms in total. The summed E-state index contributed by atoms with van der Waals surface area (Å²) in [4.78, 5) is 19.6. The molecule has 1 aliphatic carbocycles. The molecule has 2 atom stereocenters. The van der Waals surface area contributed by atoms with E-state index in [1.165, 1.54) is 31.4 Å². The van der Waals surface area contributed by atoms with Gasteiger partial charge in [-0.2, -0.15) is 11.8 Å². The van der Waals surface area contributed by atoms with Gasteiger partial charge in [0.25, 0.3) is 5.56 Å². The number of nitrogens with zero attached hydrogens (tertiary/aromatic N) is 3. The molecule has 5 heteroatoms. The minimum absolute atomic E-state index is 0.0854. The lowest BCUT2D eigenvalue weighted by atomic mass is 9.93. The maximum atomic E-state index is 12.6. The van der Waals surface area contributed by atoms with E-state index in [-0.39, 0.29) is 5.56 Å². The first-order chi connectivity index (χ1) is 11.3. The number of rotatable bonds is 3. The maximum Gasteiger partial charge on any atom is 0.261 e. The molecule has 1 aliphatic heterocycles. The highest BCUT2D eigenvalue weighted by Crippen LogP contribution is 2.35. The molecule has 0 N–H and O–H groups in total. The highest BCUT2D eigenvalue weighted by Gasteiger charge is 2.33. The van der Waals surface area contributed by atoms with Crippen LogP contribution in [0, 0.1) is 0 Å². The molecular formula is C18H23N3OS. The second-order valence-electron chi connectivity index (χ2n) is 6.56. The number of thioether (sulfide) groups is 1. The highest BCUT2D eigenvalue weighted by atomic mass is 32.2. The molecule has 2 aromatic rings. The summed E-state index contributed by atoms with van der Waals surface area (Å²) < 4.78 is 1.78. The van der Waals surface area contributed by atoms with Crippen LogP contribution in [0.4, 0.5) is 0 Å². The Morgan fingerprint density at radius 3 is 3.00 bits per heavy atom. The summed E-state index contributed by atoms with van der Waals surface area (Å²) >= 11 is 2.16. The summed E-state index contributed by atoms with van der Waals surface area (Å²) in [6.07, 6.45) is 7.14. The van der Waals surface area contributed by atoms with Crippen molar-refractivity contribution in [2.75, 3.05) is 18.8 Å². The van der Waals surface area contributed by atoms with Crippen molar-refractivity contribution < 1.29 is 0 Å². The molecule has 4 rings (SSSR count). The van der Waals surface area contributed by atoms with Crippen molar-refractivity contribution in [2.45, 2.75) is 43.5 Å². The van der Waals surface area contributed by atoms with E-state index in [2.05, 4.69) is 21.6 Å². The minimum atomic E-state index is 0.0854. The van der Waals surface area contributed by atoms with Gasteiger partial charge >= 0.3 is 0 Å². The van der Waals surface area contributed by atoms with Crippen LogP contribution in [0.25, 0.3) is 10.9 Å². The summed E-state index contributed by atoms with van der Waals surface area (Å²) in [7, 11) is 0. The van der Waals surface area contributed by atoms with E-state index in [0.29, 0.717) is 6.04 Å². The van der Waals surface area contributed by atoms with Gasteiger partial charge in [-0.25, -0.2) is 4.98 Å². The molecule has 1 aromatic carbocycles. The first-order valence-electron chi connectivity index (χ1n) is 8.63. The van der Waals surface area contributed by atoms with Crippen molar-refractivity contribution in [3.8, 4) is 0 Å². The standard InChI is InChI=1S/C18H23N3OS/c22-18-14-5-1-2-6-15(14)19-13-21(18)10-9-20-11-12-23-17-8-4-3-7-16(17)20/h1-2,5-6,13,16-17H,3-4,7-12H2/t16-,17+/m0/s1. The molecule has 1 saturated heterocycles. The molecule has 122 valence electrons. The SMILES string of the molecule is O=c1c2ccccc2ncn1CCN1CCS[C@@H]2CCCC[C@@H]21. The van der Waals surface area contributed by atoms with Gasteiger partial charge in [0.05, 0.1) is 17.2 Å². The molecular weight excluding hydrogens is 306 g/mol. The summed E-state index contributed by atoms with van der Waals surface area (Å²) in [6, 6.07) is 8.32. The quantitative estimate of drug-likeness (QED) is 0.868. The van der Waals surface area contributed by atoms with Gasteiger partial charge < -0.3 is 0 Å². The van der Waals surface area contributed by atoms with E-state index in [0.717, 1.165) is 35.8 Å². The van der Waals surface area contributed by atoms with Gasteiger partial charge in [-0.1, -0.05) is 25.0 Å². The van der Waals surface area contributed by atoms with Gasteiger partial charge in [0, 0.05) is 36.7 Å². The van der Waals surface area contributed by atoms with Crippen molar-refractivity contribution in [1.82, 2.24) is 14.5 Å². The Bertz CT molecular complexity index is 742. The predicted octanol–water partition coefficient (Wildman–Crippen LogP) is 2.76. The molecule has 0 amide bonds. The Morgan fingerprint density at radius 1 is 1.17 bits per heavy atom. The molecule has 0 radical (unpaired) electrons. The number of benzene rings is 1. The van der Waals surface area contributed by atoms with Crippen LogP contribution < -0.4 is 5.56 Å². The smallest absolute Gasteiger partial charge is 0.261 e. The van der Waals surface area contributed by atoms with Crippen LogP contribution in [-0.2, 0) is 6.54 Å². The summed E-state index contributed by atoms with van der Waals surface area (Å²) in [6.45, 7) is 2.85. The second kappa shape index (κ2) is 6.65. The third-order valence-corrected chi connectivity index (χ3v) is 6.60. The summed E-state index contributed by atoms with van der Waals surface area (Å²) in [5, 5.41) is 1.53. The fourth-order valence-electron chi connectivity index (χ4n) is 3.96. The van der Waals surface area contributed by atoms with E-state index in [1.807, 2.05) is 24.3 Å². The Kier molecular flexibility index (Phi) is 4.40. The zero-order valence-electron chi connectivity index (χ0n) is 13.4. The summed E-state index contributed by atoms with van der Waals surface area (Å²) in [5.74, 6) is 1.23. The third kappa shape index (κ3) is 3.04. The molecule has 2 fully saturated rings. The molecule has 1 saturated carbocycles. The van der Waals surface area contributed by atoms with Gasteiger partial charge in [-0.15, -0.1) is 0 Å². The van der Waals surface area contributed by atoms with E-state index >= 15 is 0 Å². The number of hydrogen-bond donors (Lipinski definition) is 0. The van der Waals surface area contributed by atoms with Crippen molar-refractivity contribution in [3.05, 3.63) is 40.9 Å². The van der Waals surface area contributed by atoms with E-state index in [4.69, 9.17) is 0 Å². The van der Waals surface area contributed by atoms with Gasteiger partial charge in [0.2, 0.25) is 0 Å². The number of aromatic nitrogens is 2. The Hall–Kier alpha value is -1.33. The van der Waals surface area contributed by atoms with Gasteiger partial charge in [0.15, 0.2) is 0 Å². The van der Waals surface area contributed by atoms with E-state index in [9.17, 15) is 4.79 Å². The zero-order chi connectivity index (χ0) is 15.6. The van der Waals surface area contributed by atoms with Crippen LogP contribution in [0.15, 0.2) is 35.4 Å². The Labute approximate surface area is 140 Å². The molecule has 23 heavy (non-hydrogen) atoms. The van der Waals surface area contributed by atoms with Crippen LogP contribution in [-0.4, -0.2) is 44.6 Å². The molecule has 0 unspecified atom stereocenters. The predicted molar refractivity (Wildman–Crippen MR) is 96.1 cm³/mol. The van der Waals surface area contributed by atoms with Crippen LogP contribution in [0.5, 0.6) is 0 Å². The second-order valence-corrected chi connectivity index (χ2v) is 7.90. The monoisotopic (exact) mass is 329 g/mol. The van der Waals surface area contributed by atoms with Crippen LogP contribution in [0.2, 0.25) is 0 Å². The van der Waals surface area contributed by atoms with E-state index < -0.39 is 0 Å². The number of fused-ring (bicyclic) bond motifs is 2. The van der Waals surface area contributed by atoms with E-state index in [1.54, 1.807) is 10.9 Å². The average Bonchev–Trinajstić information content (AvgIpc) is 2.61. The zero-order valence-corrected chi connectivity index (χ0v) is 14.2. The van der Waals surface area contributed by atoms with Crippen LogP contribution in [0.1, 0.15) is 25.7 Å². The Morgan fingerprint density at radius 2 is 2.04 bits per heavy atom. The highest BCUT2D eigenvalue weighted by molar-refractivity contribution is 8.00. The molecule has 2 heterocycles. The molecule has 2 aliphatic rings.